The molecule has 1 rings (SSSR count). The topological polar surface area (TPSA) is 44.0 Å². The molecule has 0 aromatic heterocycles. The van der Waals surface area contributed by atoms with Crippen molar-refractivity contribution in [3.63, 3.8) is 0 Å². The zero-order valence-corrected chi connectivity index (χ0v) is 9.00. The molecule has 0 aliphatic heterocycles. The minimum atomic E-state index is -0.966. The average Bonchev–Trinajstić information content (AvgIpc) is 2.23. The van der Waals surface area contributed by atoms with Crippen LogP contribution in [0, 0.1) is 23.1 Å². The number of hydrogen-bond donors (Lipinski definition) is 1. The highest BCUT2D eigenvalue weighted by atomic mass is 35.5. The summed E-state index contributed by atoms with van der Waals surface area (Å²) < 4.78 is 13.1. The van der Waals surface area contributed by atoms with Gasteiger partial charge in [0.2, 0.25) is 0 Å². The summed E-state index contributed by atoms with van der Waals surface area (Å²) >= 11 is 5.51. The summed E-state index contributed by atoms with van der Waals surface area (Å²) in [5.74, 6) is -1.11. The van der Waals surface area contributed by atoms with Crippen molar-refractivity contribution in [2.24, 2.45) is 5.92 Å². The van der Waals surface area contributed by atoms with E-state index in [-0.39, 0.29) is 5.02 Å². The van der Waals surface area contributed by atoms with Crippen molar-refractivity contribution in [1.29, 1.82) is 5.26 Å². The van der Waals surface area contributed by atoms with Crippen molar-refractivity contribution in [2.75, 3.05) is 0 Å². The highest BCUT2D eigenvalue weighted by molar-refractivity contribution is 6.30. The Balaban J connectivity index is 2.97. The molecule has 80 valence electrons. The first-order valence-electron chi connectivity index (χ1n) is 4.62. The highest BCUT2D eigenvalue weighted by Crippen LogP contribution is 2.26. The molecule has 0 amide bonds. The molecule has 0 fully saturated rings. The fourth-order valence-corrected chi connectivity index (χ4v) is 1.43. The largest absolute Gasteiger partial charge is 0.387 e. The highest BCUT2D eigenvalue weighted by Gasteiger charge is 2.19. The lowest BCUT2D eigenvalue weighted by Gasteiger charge is -2.15. The molecule has 0 saturated carbocycles. The van der Waals surface area contributed by atoms with Crippen LogP contribution in [0.5, 0.6) is 0 Å². The van der Waals surface area contributed by atoms with E-state index in [1.165, 1.54) is 12.1 Å². The van der Waals surface area contributed by atoms with Crippen LogP contribution in [-0.2, 0) is 0 Å². The average molecular weight is 228 g/mol. The van der Waals surface area contributed by atoms with E-state index in [4.69, 9.17) is 16.9 Å². The predicted octanol–water partition coefficient (Wildman–Crippen LogP) is 3.06. The molecule has 1 aromatic carbocycles. The zero-order chi connectivity index (χ0) is 11.4. The Labute approximate surface area is 92.9 Å². The molecular weight excluding hydrogens is 217 g/mol. The molecular formula is C11H11ClFNO. The van der Waals surface area contributed by atoms with Gasteiger partial charge < -0.3 is 5.11 Å². The Morgan fingerprint density at radius 3 is 2.73 bits per heavy atom. The molecule has 0 heterocycles. The van der Waals surface area contributed by atoms with Crippen LogP contribution in [0.2, 0.25) is 5.02 Å². The molecule has 4 heteroatoms. The van der Waals surface area contributed by atoms with Crippen molar-refractivity contribution in [3.05, 3.63) is 34.6 Å². The normalized spacial score (nSPS) is 14.3. The second kappa shape index (κ2) is 5.11. The van der Waals surface area contributed by atoms with Gasteiger partial charge in [0, 0.05) is 0 Å². The summed E-state index contributed by atoms with van der Waals surface area (Å²) in [5.41, 5.74) is 0.380. The van der Waals surface area contributed by atoms with Crippen LogP contribution in [0.3, 0.4) is 0 Å². The van der Waals surface area contributed by atoms with Gasteiger partial charge in [0.15, 0.2) is 0 Å². The van der Waals surface area contributed by atoms with Gasteiger partial charge in [0.05, 0.1) is 23.1 Å². The number of nitriles is 1. The maximum Gasteiger partial charge on any atom is 0.142 e. The third-order valence-electron chi connectivity index (χ3n) is 2.27. The van der Waals surface area contributed by atoms with Gasteiger partial charge in [-0.15, -0.1) is 0 Å². The van der Waals surface area contributed by atoms with Gasteiger partial charge >= 0.3 is 0 Å². The minimum absolute atomic E-state index is 0.0101. The van der Waals surface area contributed by atoms with E-state index in [0.717, 1.165) is 6.07 Å². The van der Waals surface area contributed by atoms with Crippen LogP contribution >= 0.6 is 11.6 Å². The summed E-state index contributed by atoms with van der Waals surface area (Å²) in [6.45, 7) is 1.80. The van der Waals surface area contributed by atoms with E-state index >= 15 is 0 Å². The molecule has 0 spiro atoms. The number of nitrogens with zero attached hydrogens (tertiary/aromatic N) is 1. The van der Waals surface area contributed by atoms with Gasteiger partial charge in [-0.05, 0) is 24.1 Å². The monoisotopic (exact) mass is 227 g/mol. The van der Waals surface area contributed by atoms with Gasteiger partial charge in [0.1, 0.15) is 5.82 Å². The number of hydrogen-bond acceptors (Lipinski definition) is 2. The van der Waals surface area contributed by atoms with E-state index in [1.807, 2.05) is 6.07 Å². The predicted molar refractivity (Wildman–Crippen MR) is 55.8 cm³/mol. The summed E-state index contributed by atoms with van der Waals surface area (Å²) in [4.78, 5) is 0. The third-order valence-corrected chi connectivity index (χ3v) is 2.58. The number of aliphatic hydroxyl groups excluding tert-OH is 1. The first-order chi connectivity index (χ1) is 7.10. The Morgan fingerprint density at radius 2 is 2.27 bits per heavy atom. The quantitative estimate of drug-likeness (QED) is 0.863. The van der Waals surface area contributed by atoms with Crippen LogP contribution in [-0.4, -0.2) is 5.11 Å². The van der Waals surface area contributed by atoms with E-state index in [9.17, 15) is 9.50 Å². The summed E-state index contributed by atoms with van der Waals surface area (Å²) in [6, 6.07) is 6.04. The third kappa shape index (κ3) is 2.68. The molecule has 0 bridgehead atoms. The first-order valence-corrected chi connectivity index (χ1v) is 5.00. The lowest BCUT2D eigenvalue weighted by molar-refractivity contribution is 0.132. The zero-order valence-electron chi connectivity index (χ0n) is 8.24. The first kappa shape index (κ1) is 12.0. The van der Waals surface area contributed by atoms with E-state index in [0.29, 0.717) is 12.0 Å². The number of benzene rings is 1. The molecule has 15 heavy (non-hydrogen) atoms. The van der Waals surface area contributed by atoms with E-state index in [1.54, 1.807) is 6.92 Å². The molecule has 2 nitrogen and oxygen atoms in total. The number of aliphatic hydroxyl groups is 1. The molecule has 1 aromatic rings. The fraction of sp³-hybridized carbons (Fsp3) is 0.364. The molecule has 1 N–H and O–H groups in total. The Kier molecular flexibility index (Phi) is 4.07. The minimum Gasteiger partial charge on any atom is -0.387 e. The van der Waals surface area contributed by atoms with Crippen LogP contribution in [0.1, 0.15) is 25.0 Å². The molecule has 0 aliphatic rings. The van der Waals surface area contributed by atoms with Crippen LogP contribution in [0.4, 0.5) is 4.39 Å². The SMILES string of the molecule is CCC(C#N)C(O)c1ccc(Cl)c(F)c1. The summed E-state index contributed by atoms with van der Waals surface area (Å²) in [6.07, 6.45) is -0.450. The molecule has 2 atom stereocenters. The van der Waals surface area contributed by atoms with Crippen molar-refractivity contribution >= 4 is 11.6 Å². The maximum absolute atomic E-state index is 13.1. The van der Waals surface area contributed by atoms with Gasteiger partial charge in [0.25, 0.3) is 0 Å². The summed E-state index contributed by atoms with van der Waals surface area (Å²) in [7, 11) is 0. The van der Waals surface area contributed by atoms with E-state index < -0.39 is 17.8 Å². The smallest absolute Gasteiger partial charge is 0.142 e. The Hall–Kier alpha value is -1.11. The van der Waals surface area contributed by atoms with Gasteiger partial charge in [-0.2, -0.15) is 5.26 Å². The van der Waals surface area contributed by atoms with Crippen LogP contribution in [0.25, 0.3) is 0 Å². The molecule has 0 radical (unpaired) electrons. The standard InChI is InChI=1S/C11H11ClFNO/c1-2-7(6-14)11(15)8-3-4-9(12)10(13)5-8/h3-5,7,11,15H,2H2,1H3. The summed E-state index contributed by atoms with van der Waals surface area (Å²) in [5, 5.41) is 18.5. The Morgan fingerprint density at radius 1 is 1.60 bits per heavy atom. The lowest BCUT2D eigenvalue weighted by Crippen LogP contribution is -2.10. The fourth-order valence-electron chi connectivity index (χ4n) is 1.31. The second-order valence-corrected chi connectivity index (χ2v) is 3.67. The lowest BCUT2D eigenvalue weighted by atomic mass is 9.95. The molecule has 0 saturated heterocycles. The van der Waals surface area contributed by atoms with Crippen LogP contribution in [0.15, 0.2) is 18.2 Å². The van der Waals surface area contributed by atoms with Crippen molar-refractivity contribution < 1.29 is 9.50 Å². The maximum atomic E-state index is 13.1. The van der Waals surface area contributed by atoms with Crippen molar-refractivity contribution in [2.45, 2.75) is 19.4 Å². The number of halogens is 2. The Bertz CT molecular complexity index is 389. The number of rotatable bonds is 3. The second-order valence-electron chi connectivity index (χ2n) is 3.26. The van der Waals surface area contributed by atoms with Crippen molar-refractivity contribution in [3.8, 4) is 6.07 Å². The van der Waals surface area contributed by atoms with E-state index in [2.05, 4.69) is 0 Å². The molecule has 2 unspecified atom stereocenters. The van der Waals surface area contributed by atoms with Gasteiger partial charge in [-0.25, -0.2) is 4.39 Å². The van der Waals surface area contributed by atoms with Gasteiger partial charge in [-0.3, -0.25) is 0 Å². The van der Waals surface area contributed by atoms with Gasteiger partial charge in [-0.1, -0.05) is 24.6 Å². The van der Waals surface area contributed by atoms with Crippen LogP contribution < -0.4 is 0 Å². The van der Waals surface area contributed by atoms with Crippen molar-refractivity contribution in [1.82, 2.24) is 0 Å². The molecule has 0 aliphatic carbocycles.